The minimum atomic E-state index is 0.329. The fourth-order valence-electron chi connectivity index (χ4n) is 1.56. The molecule has 2 aromatic carbocycles. The van der Waals surface area contributed by atoms with Crippen LogP contribution >= 0.6 is 0 Å². The molecule has 0 aliphatic rings. The van der Waals surface area contributed by atoms with Gasteiger partial charge in [0.05, 0.1) is 0 Å². The SMILES string of the molecule is Cc1cc(C)c(C)c(O)c1.Cc1ccc(O)cc1. The van der Waals surface area contributed by atoms with Crippen molar-refractivity contribution < 1.29 is 10.2 Å². The zero-order valence-electron chi connectivity index (χ0n) is 11.4. The summed E-state index contributed by atoms with van der Waals surface area (Å²) in [5.74, 6) is 0.730. The zero-order valence-corrected chi connectivity index (χ0v) is 11.4. The molecule has 2 N–H and O–H groups in total. The third-order valence-electron chi connectivity index (χ3n) is 2.82. The van der Waals surface area contributed by atoms with E-state index in [1.54, 1.807) is 18.2 Å². The third kappa shape index (κ3) is 4.13. The van der Waals surface area contributed by atoms with E-state index in [1.165, 1.54) is 5.56 Å². The van der Waals surface area contributed by atoms with Gasteiger partial charge in [-0.25, -0.2) is 0 Å². The van der Waals surface area contributed by atoms with Gasteiger partial charge < -0.3 is 10.2 Å². The van der Waals surface area contributed by atoms with Gasteiger partial charge in [0.25, 0.3) is 0 Å². The van der Waals surface area contributed by atoms with Gasteiger partial charge in [0.15, 0.2) is 0 Å². The van der Waals surface area contributed by atoms with Crippen molar-refractivity contribution in [3.63, 3.8) is 0 Å². The summed E-state index contributed by atoms with van der Waals surface area (Å²) < 4.78 is 0. The van der Waals surface area contributed by atoms with Crippen LogP contribution in [-0.2, 0) is 0 Å². The number of aryl methyl sites for hydroxylation is 3. The maximum atomic E-state index is 9.28. The summed E-state index contributed by atoms with van der Waals surface area (Å²) in [4.78, 5) is 0. The van der Waals surface area contributed by atoms with Crippen molar-refractivity contribution in [2.45, 2.75) is 27.7 Å². The summed E-state index contributed by atoms with van der Waals surface area (Å²) in [5, 5.41) is 18.0. The van der Waals surface area contributed by atoms with E-state index in [0.29, 0.717) is 11.5 Å². The number of aromatic hydroxyl groups is 2. The molecule has 96 valence electrons. The van der Waals surface area contributed by atoms with Gasteiger partial charge >= 0.3 is 0 Å². The molecule has 2 aromatic rings. The lowest BCUT2D eigenvalue weighted by Crippen LogP contribution is -1.82. The van der Waals surface area contributed by atoms with E-state index in [-0.39, 0.29) is 0 Å². The fourth-order valence-corrected chi connectivity index (χ4v) is 1.56. The maximum Gasteiger partial charge on any atom is 0.119 e. The largest absolute Gasteiger partial charge is 0.508 e. The molecule has 0 unspecified atom stereocenters. The van der Waals surface area contributed by atoms with Crippen molar-refractivity contribution in [2.75, 3.05) is 0 Å². The average Bonchev–Trinajstić information content (AvgIpc) is 2.31. The molecule has 0 heterocycles. The second-order valence-electron chi connectivity index (χ2n) is 4.56. The highest BCUT2D eigenvalue weighted by Gasteiger charge is 1.98. The summed E-state index contributed by atoms with van der Waals surface area (Å²) in [6.07, 6.45) is 0. The summed E-state index contributed by atoms with van der Waals surface area (Å²) in [6.45, 7) is 7.89. The Morgan fingerprint density at radius 1 is 0.722 bits per heavy atom. The number of benzene rings is 2. The Kier molecular flexibility index (Phi) is 4.78. The normalized spacial score (nSPS) is 9.56. The summed E-state index contributed by atoms with van der Waals surface area (Å²) in [7, 11) is 0. The number of rotatable bonds is 0. The van der Waals surface area contributed by atoms with E-state index in [2.05, 4.69) is 6.07 Å². The highest BCUT2D eigenvalue weighted by Crippen LogP contribution is 2.20. The van der Waals surface area contributed by atoms with Crippen LogP contribution in [-0.4, -0.2) is 10.2 Å². The van der Waals surface area contributed by atoms with E-state index in [4.69, 9.17) is 5.11 Å². The van der Waals surface area contributed by atoms with Crippen molar-refractivity contribution in [3.8, 4) is 11.5 Å². The van der Waals surface area contributed by atoms with Crippen LogP contribution in [0.5, 0.6) is 11.5 Å². The lowest BCUT2D eigenvalue weighted by Gasteiger charge is -2.03. The first-order valence-corrected chi connectivity index (χ1v) is 5.92. The summed E-state index contributed by atoms with van der Waals surface area (Å²) in [6, 6.07) is 10.9. The highest BCUT2D eigenvalue weighted by molar-refractivity contribution is 5.40. The second-order valence-corrected chi connectivity index (χ2v) is 4.56. The molecule has 0 atom stereocenters. The average molecular weight is 244 g/mol. The Bertz CT molecular complexity index is 469. The minimum absolute atomic E-state index is 0.329. The Balaban J connectivity index is 0.000000184. The van der Waals surface area contributed by atoms with E-state index < -0.39 is 0 Å². The van der Waals surface area contributed by atoms with Crippen LogP contribution in [0.4, 0.5) is 0 Å². The molecule has 0 saturated carbocycles. The third-order valence-corrected chi connectivity index (χ3v) is 2.82. The van der Waals surface area contributed by atoms with Crippen LogP contribution in [0.15, 0.2) is 36.4 Å². The van der Waals surface area contributed by atoms with Gasteiger partial charge in [-0.1, -0.05) is 23.8 Å². The number of phenols is 2. The smallest absolute Gasteiger partial charge is 0.119 e. The van der Waals surface area contributed by atoms with Crippen LogP contribution in [0.2, 0.25) is 0 Å². The maximum absolute atomic E-state index is 9.28. The standard InChI is InChI=1S/C9H12O.C7H8O/c1-6-4-7(2)8(3)9(10)5-6;1-6-2-4-7(8)5-3-6/h4-5,10H,1-3H3;2-5,8H,1H3. The predicted molar refractivity (Wildman–Crippen MR) is 75.2 cm³/mol. The van der Waals surface area contributed by atoms with Crippen LogP contribution < -0.4 is 0 Å². The van der Waals surface area contributed by atoms with Gasteiger partial charge in [0.2, 0.25) is 0 Å². The second kappa shape index (κ2) is 6.10. The monoisotopic (exact) mass is 244 g/mol. The van der Waals surface area contributed by atoms with Crippen LogP contribution in [0, 0.1) is 27.7 Å². The van der Waals surface area contributed by atoms with Crippen molar-refractivity contribution in [3.05, 3.63) is 58.7 Å². The van der Waals surface area contributed by atoms with Crippen LogP contribution in [0.25, 0.3) is 0 Å². The van der Waals surface area contributed by atoms with Gasteiger partial charge in [-0.15, -0.1) is 0 Å². The molecule has 0 aliphatic carbocycles. The van der Waals surface area contributed by atoms with Crippen molar-refractivity contribution in [1.82, 2.24) is 0 Å². The van der Waals surface area contributed by atoms with Crippen molar-refractivity contribution >= 4 is 0 Å². The van der Waals surface area contributed by atoms with Gasteiger partial charge in [-0.05, 0) is 62.6 Å². The lowest BCUT2D eigenvalue weighted by molar-refractivity contribution is 0.470. The summed E-state index contributed by atoms with van der Waals surface area (Å²) in [5.41, 5.74) is 4.41. The van der Waals surface area contributed by atoms with Crippen LogP contribution in [0.1, 0.15) is 22.3 Å². The van der Waals surface area contributed by atoms with Gasteiger partial charge in [0, 0.05) is 0 Å². The minimum Gasteiger partial charge on any atom is -0.508 e. The van der Waals surface area contributed by atoms with E-state index >= 15 is 0 Å². The number of hydrogen-bond acceptors (Lipinski definition) is 2. The summed E-state index contributed by atoms with van der Waals surface area (Å²) >= 11 is 0. The lowest BCUT2D eigenvalue weighted by atomic mass is 10.1. The molecular weight excluding hydrogens is 224 g/mol. The molecule has 2 nitrogen and oxygen atoms in total. The Morgan fingerprint density at radius 3 is 1.72 bits per heavy atom. The van der Waals surface area contributed by atoms with Crippen molar-refractivity contribution in [1.29, 1.82) is 0 Å². The topological polar surface area (TPSA) is 40.5 Å². The molecule has 2 heteroatoms. The Hall–Kier alpha value is -1.96. The first-order chi connectivity index (χ1) is 8.40. The molecule has 0 radical (unpaired) electrons. The number of hydrogen-bond donors (Lipinski definition) is 2. The van der Waals surface area contributed by atoms with E-state index in [0.717, 1.165) is 16.7 Å². The van der Waals surface area contributed by atoms with Gasteiger partial charge in [-0.2, -0.15) is 0 Å². The molecule has 0 aromatic heterocycles. The van der Waals surface area contributed by atoms with Crippen molar-refractivity contribution in [2.24, 2.45) is 0 Å². The molecule has 0 spiro atoms. The predicted octanol–water partition coefficient (Wildman–Crippen LogP) is 4.02. The Labute approximate surface area is 109 Å². The molecule has 18 heavy (non-hydrogen) atoms. The molecule has 2 rings (SSSR count). The van der Waals surface area contributed by atoms with Crippen LogP contribution in [0.3, 0.4) is 0 Å². The van der Waals surface area contributed by atoms with Gasteiger partial charge in [-0.3, -0.25) is 0 Å². The van der Waals surface area contributed by atoms with Gasteiger partial charge in [0.1, 0.15) is 11.5 Å². The molecule has 0 aliphatic heterocycles. The van der Waals surface area contributed by atoms with E-state index in [1.807, 2.05) is 39.8 Å². The molecule has 0 bridgehead atoms. The first-order valence-electron chi connectivity index (χ1n) is 5.92. The van der Waals surface area contributed by atoms with E-state index in [9.17, 15) is 5.11 Å². The first kappa shape index (κ1) is 14.1. The fraction of sp³-hybridized carbons (Fsp3) is 0.250. The Morgan fingerprint density at radius 2 is 1.28 bits per heavy atom. The molecule has 0 saturated heterocycles. The zero-order chi connectivity index (χ0) is 13.7. The molecular formula is C16H20O2. The quantitative estimate of drug-likeness (QED) is 0.735. The molecule has 0 fully saturated rings. The highest BCUT2D eigenvalue weighted by atomic mass is 16.3. The number of phenolic OH excluding ortho intramolecular Hbond substituents is 2. The molecule has 0 amide bonds.